The molecule has 2 rings (SSSR count). The monoisotopic (exact) mass is 375 g/mol. The van der Waals surface area contributed by atoms with Crippen LogP contribution in [0.25, 0.3) is 0 Å². The van der Waals surface area contributed by atoms with Crippen LogP contribution in [0.5, 0.6) is 0 Å². The van der Waals surface area contributed by atoms with Gasteiger partial charge in [-0.15, -0.1) is 0 Å². The van der Waals surface area contributed by atoms with E-state index in [1.165, 1.54) is 0 Å². The van der Waals surface area contributed by atoms with Gasteiger partial charge in [-0.25, -0.2) is 8.42 Å². The van der Waals surface area contributed by atoms with E-state index in [0.29, 0.717) is 5.69 Å². The second-order valence-electron chi connectivity index (χ2n) is 7.24. The van der Waals surface area contributed by atoms with Gasteiger partial charge >= 0.3 is 0 Å². The molecule has 0 atom stereocenters. The van der Waals surface area contributed by atoms with Crippen molar-refractivity contribution in [2.75, 3.05) is 18.1 Å². The molecule has 140 valence electrons. The lowest BCUT2D eigenvalue weighted by molar-refractivity contribution is -0.116. The lowest BCUT2D eigenvalue weighted by Gasteiger charge is -2.24. The first kappa shape index (κ1) is 20.1. The number of rotatable bonds is 6. The van der Waals surface area contributed by atoms with E-state index in [2.05, 4.69) is 31.1 Å². The molecule has 0 aliphatic rings. The molecular formula is C19H25N3O3S. The van der Waals surface area contributed by atoms with Crippen LogP contribution in [-0.2, 0) is 26.8 Å². The van der Waals surface area contributed by atoms with E-state index < -0.39 is 10.0 Å². The molecule has 1 aromatic carbocycles. The summed E-state index contributed by atoms with van der Waals surface area (Å²) in [7, 11) is -3.54. The summed E-state index contributed by atoms with van der Waals surface area (Å²) in [6.45, 7) is 6.02. The Bertz CT molecular complexity index is 859. The Morgan fingerprint density at radius 3 is 2.42 bits per heavy atom. The van der Waals surface area contributed by atoms with Crippen LogP contribution in [0.15, 0.2) is 48.8 Å². The number of benzene rings is 1. The fraction of sp³-hybridized carbons (Fsp3) is 0.368. The van der Waals surface area contributed by atoms with Crippen LogP contribution < -0.4 is 5.32 Å². The highest BCUT2D eigenvalue weighted by Crippen LogP contribution is 2.29. The number of anilines is 1. The van der Waals surface area contributed by atoms with E-state index in [1.54, 1.807) is 24.5 Å². The summed E-state index contributed by atoms with van der Waals surface area (Å²) in [5.41, 5.74) is 2.27. The summed E-state index contributed by atoms with van der Waals surface area (Å²) in [4.78, 5) is 16.5. The predicted molar refractivity (Wildman–Crippen MR) is 103 cm³/mol. The second kappa shape index (κ2) is 7.97. The molecule has 0 saturated carbocycles. The molecule has 0 fully saturated rings. The average Bonchev–Trinajstić information content (AvgIpc) is 2.54. The van der Waals surface area contributed by atoms with Crippen LogP contribution in [-0.4, -0.2) is 36.4 Å². The molecule has 0 spiro atoms. The van der Waals surface area contributed by atoms with Crippen LogP contribution in [0.1, 0.15) is 31.9 Å². The number of carbonyl (C=O) groups excluding carboxylic acids is 1. The Hall–Kier alpha value is -2.25. The zero-order valence-electron chi connectivity index (χ0n) is 15.6. The number of hydrogen-bond donors (Lipinski definition) is 1. The van der Waals surface area contributed by atoms with Crippen molar-refractivity contribution >= 4 is 21.6 Å². The number of carbonyl (C=O) groups is 1. The molecular weight excluding hydrogens is 350 g/mol. The van der Waals surface area contributed by atoms with Crippen molar-refractivity contribution in [2.45, 2.75) is 32.7 Å². The molecule has 7 heteroatoms. The van der Waals surface area contributed by atoms with Crippen molar-refractivity contribution in [3.05, 3.63) is 59.9 Å². The number of aromatic nitrogens is 1. The minimum Gasteiger partial charge on any atom is -0.325 e. The number of nitrogens with one attached hydrogen (secondary N) is 1. The lowest BCUT2D eigenvalue weighted by atomic mass is 9.86. The molecule has 0 aliphatic heterocycles. The van der Waals surface area contributed by atoms with Crippen molar-refractivity contribution in [3.8, 4) is 0 Å². The Balaban J connectivity index is 2.16. The van der Waals surface area contributed by atoms with Gasteiger partial charge in [0.2, 0.25) is 15.9 Å². The third-order valence-electron chi connectivity index (χ3n) is 3.88. The number of hydrogen-bond acceptors (Lipinski definition) is 4. The second-order valence-corrected chi connectivity index (χ2v) is 9.22. The van der Waals surface area contributed by atoms with Gasteiger partial charge in [-0.3, -0.25) is 9.78 Å². The Kier molecular flexibility index (Phi) is 6.15. The molecule has 6 nitrogen and oxygen atoms in total. The number of sulfonamides is 1. The van der Waals surface area contributed by atoms with Gasteiger partial charge in [0.1, 0.15) is 0 Å². The van der Waals surface area contributed by atoms with Gasteiger partial charge in [-0.1, -0.05) is 45.0 Å². The number of para-hydroxylation sites is 1. The number of pyridine rings is 1. The van der Waals surface area contributed by atoms with Gasteiger partial charge in [-0.2, -0.15) is 4.31 Å². The standard InChI is InChI=1S/C19H25N3O3S/c1-19(2,3)16-9-5-6-10-17(16)21-18(23)14-22(26(4,24)25)13-15-8-7-11-20-12-15/h5-12H,13-14H2,1-4H3,(H,21,23). The largest absolute Gasteiger partial charge is 0.325 e. The fourth-order valence-corrected chi connectivity index (χ4v) is 3.32. The van der Waals surface area contributed by atoms with Crippen molar-refractivity contribution < 1.29 is 13.2 Å². The number of nitrogens with zero attached hydrogens (tertiary/aromatic N) is 2. The topological polar surface area (TPSA) is 79.4 Å². The molecule has 1 heterocycles. The molecule has 0 aliphatic carbocycles. The number of amides is 1. The van der Waals surface area contributed by atoms with Crippen molar-refractivity contribution in [3.63, 3.8) is 0 Å². The summed E-state index contributed by atoms with van der Waals surface area (Å²) >= 11 is 0. The lowest BCUT2D eigenvalue weighted by Crippen LogP contribution is -2.37. The molecule has 1 aromatic heterocycles. The molecule has 1 N–H and O–H groups in total. The van der Waals surface area contributed by atoms with Gasteiger partial charge in [0.15, 0.2) is 0 Å². The maximum absolute atomic E-state index is 12.5. The van der Waals surface area contributed by atoms with Gasteiger partial charge in [0, 0.05) is 24.6 Å². The van der Waals surface area contributed by atoms with Crippen LogP contribution in [0.4, 0.5) is 5.69 Å². The molecule has 0 saturated heterocycles. The minimum absolute atomic E-state index is 0.0982. The van der Waals surface area contributed by atoms with Crippen LogP contribution in [0.3, 0.4) is 0 Å². The third kappa shape index (κ3) is 5.64. The third-order valence-corrected chi connectivity index (χ3v) is 5.08. The molecule has 0 bridgehead atoms. The summed E-state index contributed by atoms with van der Waals surface area (Å²) in [5.74, 6) is -0.379. The quantitative estimate of drug-likeness (QED) is 0.842. The summed E-state index contributed by atoms with van der Waals surface area (Å²) in [6.07, 6.45) is 4.30. The van der Waals surface area contributed by atoms with E-state index in [1.807, 2.05) is 24.3 Å². The van der Waals surface area contributed by atoms with Gasteiger partial charge < -0.3 is 5.32 Å². The maximum Gasteiger partial charge on any atom is 0.239 e. The fourth-order valence-electron chi connectivity index (χ4n) is 2.58. The molecule has 1 amide bonds. The van der Waals surface area contributed by atoms with E-state index in [-0.39, 0.29) is 24.4 Å². The normalized spacial score (nSPS) is 12.2. The Morgan fingerprint density at radius 2 is 1.85 bits per heavy atom. The molecule has 26 heavy (non-hydrogen) atoms. The minimum atomic E-state index is -3.54. The SMILES string of the molecule is CC(C)(C)c1ccccc1NC(=O)CN(Cc1cccnc1)S(C)(=O)=O. The summed E-state index contributed by atoms with van der Waals surface area (Å²) in [5, 5.41) is 2.84. The molecule has 0 radical (unpaired) electrons. The smallest absolute Gasteiger partial charge is 0.239 e. The Labute approximate surface area is 155 Å². The van der Waals surface area contributed by atoms with Crippen LogP contribution in [0.2, 0.25) is 0 Å². The average molecular weight is 375 g/mol. The summed E-state index contributed by atoms with van der Waals surface area (Å²) < 4.78 is 25.3. The van der Waals surface area contributed by atoms with Crippen LogP contribution in [0, 0.1) is 0 Å². The van der Waals surface area contributed by atoms with Gasteiger partial charge in [0.25, 0.3) is 0 Å². The van der Waals surface area contributed by atoms with E-state index in [0.717, 1.165) is 21.7 Å². The van der Waals surface area contributed by atoms with Gasteiger partial charge in [0.05, 0.1) is 12.8 Å². The first-order chi connectivity index (χ1) is 12.1. The highest BCUT2D eigenvalue weighted by molar-refractivity contribution is 7.88. The van der Waals surface area contributed by atoms with Gasteiger partial charge in [-0.05, 0) is 28.7 Å². The highest BCUT2D eigenvalue weighted by atomic mass is 32.2. The Morgan fingerprint density at radius 1 is 1.15 bits per heavy atom. The molecule has 2 aromatic rings. The van der Waals surface area contributed by atoms with Crippen molar-refractivity contribution in [2.24, 2.45) is 0 Å². The van der Waals surface area contributed by atoms with Crippen molar-refractivity contribution in [1.82, 2.24) is 9.29 Å². The predicted octanol–water partition coefficient (Wildman–Crippen LogP) is 2.78. The first-order valence-corrected chi connectivity index (χ1v) is 10.2. The molecule has 0 unspecified atom stereocenters. The van der Waals surface area contributed by atoms with Crippen molar-refractivity contribution in [1.29, 1.82) is 0 Å². The van der Waals surface area contributed by atoms with E-state index in [4.69, 9.17) is 0 Å². The zero-order chi connectivity index (χ0) is 19.4. The highest BCUT2D eigenvalue weighted by Gasteiger charge is 2.23. The zero-order valence-corrected chi connectivity index (χ0v) is 16.4. The van der Waals surface area contributed by atoms with E-state index >= 15 is 0 Å². The van der Waals surface area contributed by atoms with Crippen LogP contribution >= 0.6 is 0 Å². The summed E-state index contributed by atoms with van der Waals surface area (Å²) in [6, 6.07) is 11.0. The first-order valence-electron chi connectivity index (χ1n) is 8.31. The van der Waals surface area contributed by atoms with E-state index in [9.17, 15) is 13.2 Å². The maximum atomic E-state index is 12.5.